The van der Waals surface area contributed by atoms with Gasteiger partial charge in [0.2, 0.25) is 5.91 Å². The monoisotopic (exact) mass is 448 g/mol. The number of carbonyl (C=O) groups excluding carboxylic acids is 2. The number of amides is 2. The molecule has 162 valence electrons. The molecule has 0 saturated carbocycles. The molecule has 2 aliphatic rings. The van der Waals surface area contributed by atoms with Crippen LogP contribution >= 0.6 is 11.6 Å². The van der Waals surface area contributed by atoms with Crippen LogP contribution in [0.1, 0.15) is 17.2 Å². The van der Waals surface area contributed by atoms with Crippen molar-refractivity contribution in [3.63, 3.8) is 0 Å². The van der Waals surface area contributed by atoms with E-state index in [9.17, 15) is 9.59 Å². The van der Waals surface area contributed by atoms with Crippen molar-refractivity contribution in [2.24, 2.45) is 5.92 Å². The molecule has 3 atom stereocenters. The molecule has 0 spiro atoms. The molecule has 0 unspecified atom stereocenters. The van der Waals surface area contributed by atoms with Gasteiger partial charge in [-0.1, -0.05) is 48.0 Å². The molecular formula is C25H21ClN2O4. The molecular weight excluding hydrogens is 428 g/mol. The third kappa shape index (κ3) is 3.23. The van der Waals surface area contributed by atoms with Crippen molar-refractivity contribution in [1.29, 1.82) is 0 Å². The Kier molecular flexibility index (Phi) is 5.12. The van der Waals surface area contributed by atoms with E-state index in [2.05, 4.69) is 0 Å². The van der Waals surface area contributed by atoms with Crippen LogP contribution in [0.25, 0.3) is 0 Å². The van der Waals surface area contributed by atoms with Crippen LogP contribution in [-0.2, 0) is 14.4 Å². The maximum Gasteiger partial charge on any atom is 0.266 e. The second-order valence-electron chi connectivity index (χ2n) is 7.88. The van der Waals surface area contributed by atoms with Gasteiger partial charge >= 0.3 is 0 Å². The molecule has 6 nitrogen and oxygen atoms in total. The van der Waals surface area contributed by atoms with Crippen molar-refractivity contribution < 1.29 is 19.2 Å². The summed E-state index contributed by atoms with van der Waals surface area (Å²) in [6, 6.07) is 21.6. The second-order valence-corrected chi connectivity index (χ2v) is 8.29. The fourth-order valence-electron chi connectivity index (χ4n) is 4.35. The normalized spacial score (nSPS) is 22.4. The van der Waals surface area contributed by atoms with E-state index in [0.29, 0.717) is 16.5 Å². The van der Waals surface area contributed by atoms with E-state index in [0.717, 1.165) is 16.8 Å². The minimum Gasteiger partial charge on any atom is -0.497 e. The standard InChI is InChI=1S/C25H21ClN2O4/c1-15-11-12-18(14-20(15)26)27-24(29)21-22(16-7-6-10-19(13-16)31-2)28(32-23(21)25(27)30)17-8-4-3-5-9-17/h3-14,21-23H,1-2H3/t21-,22+,23+/m0/s1. The van der Waals surface area contributed by atoms with E-state index in [-0.39, 0.29) is 5.91 Å². The highest BCUT2D eigenvalue weighted by molar-refractivity contribution is 6.32. The number of methoxy groups -OCH3 is 1. The number of hydrogen-bond acceptors (Lipinski definition) is 5. The first-order valence-corrected chi connectivity index (χ1v) is 10.7. The van der Waals surface area contributed by atoms with Crippen molar-refractivity contribution in [3.05, 3.63) is 88.9 Å². The number of nitrogens with zero attached hydrogens (tertiary/aromatic N) is 2. The molecule has 7 heteroatoms. The Hall–Kier alpha value is -3.35. The Morgan fingerprint density at radius 1 is 0.906 bits per heavy atom. The Bertz CT molecular complexity index is 1200. The highest BCUT2D eigenvalue weighted by Gasteiger charge is 2.60. The SMILES string of the molecule is COc1cccc([C@@H]2[C@@H]3C(=O)N(c4ccc(C)c(Cl)c4)C(=O)[C@@H]3ON2c2ccccc2)c1. The lowest BCUT2D eigenvalue weighted by Crippen LogP contribution is -2.37. The predicted octanol–water partition coefficient (Wildman–Crippen LogP) is 4.71. The quantitative estimate of drug-likeness (QED) is 0.541. The van der Waals surface area contributed by atoms with Gasteiger partial charge in [-0.15, -0.1) is 0 Å². The summed E-state index contributed by atoms with van der Waals surface area (Å²) >= 11 is 6.27. The highest BCUT2D eigenvalue weighted by atomic mass is 35.5. The van der Waals surface area contributed by atoms with E-state index in [1.165, 1.54) is 4.90 Å². The first kappa shape index (κ1) is 20.5. The summed E-state index contributed by atoms with van der Waals surface area (Å²) < 4.78 is 5.39. The lowest BCUT2D eigenvalue weighted by Gasteiger charge is -2.29. The maximum atomic E-state index is 13.6. The molecule has 2 saturated heterocycles. The van der Waals surface area contributed by atoms with Crippen molar-refractivity contribution in [2.75, 3.05) is 17.1 Å². The number of rotatable bonds is 4. The van der Waals surface area contributed by atoms with Gasteiger partial charge in [-0.25, -0.2) is 9.96 Å². The van der Waals surface area contributed by atoms with Crippen molar-refractivity contribution in [3.8, 4) is 5.75 Å². The number of para-hydroxylation sites is 1. The molecule has 2 fully saturated rings. The van der Waals surface area contributed by atoms with Gasteiger partial charge in [0.1, 0.15) is 11.7 Å². The molecule has 0 bridgehead atoms. The summed E-state index contributed by atoms with van der Waals surface area (Å²) in [4.78, 5) is 34.3. The second kappa shape index (κ2) is 7.97. The van der Waals surface area contributed by atoms with Crippen LogP contribution in [0.4, 0.5) is 11.4 Å². The fourth-order valence-corrected chi connectivity index (χ4v) is 4.53. The molecule has 0 aliphatic carbocycles. The van der Waals surface area contributed by atoms with Crippen LogP contribution in [0.2, 0.25) is 5.02 Å². The summed E-state index contributed by atoms with van der Waals surface area (Å²) in [5.74, 6) is -0.759. The Balaban J connectivity index is 1.59. The first-order chi connectivity index (χ1) is 15.5. The maximum absolute atomic E-state index is 13.6. The molecule has 3 aromatic rings. The van der Waals surface area contributed by atoms with Gasteiger partial charge in [0.05, 0.1) is 24.5 Å². The molecule has 32 heavy (non-hydrogen) atoms. The van der Waals surface area contributed by atoms with Gasteiger partial charge in [0.15, 0.2) is 6.10 Å². The van der Waals surface area contributed by atoms with Gasteiger partial charge in [0, 0.05) is 5.02 Å². The Morgan fingerprint density at radius 3 is 2.41 bits per heavy atom. The molecule has 0 N–H and O–H groups in total. The lowest BCUT2D eigenvalue weighted by atomic mass is 9.90. The largest absolute Gasteiger partial charge is 0.497 e. The summed E-state index contributed by atoms with van der Waals surface area (Å²) in [5, 5.41) is 2.16. The molecule has 5 rings (SSSR count). The summed E-state index contributed by atoms with van der Waals surface area (Å²) in [5.41, 5.74) is 2.91. The topological polar surface area (TPSA) is 59.1 Å². The summed E-state index contributed by atoms with van der Waals surface area (Å²) in [6.07, 6.45) is -0.931. The molecule has 3 aromatic carbocycles. The van der Waals surface area contributed by atoms with E-state index in [1.807, 2.05) is 61.5 Å². The van der Waals surface area contributed by atoms with Gasteiger partial charge < -0.3 is 4.74 Å². The van der Waals surface area contributed by atoms with Crippen LogP contribution in [-0.4, -0.2) is 25.0 Å². The van der Waals surface area contributed by atoms with Gasteiger partial charge in [-0.05, 0) is 54.4 Å². The number of anilines is 2. The third-order valence-corrected chi connectivity index (χ3v) is 6.38. The van der Waals surface area contributed by atoms with Gasteiger partial charge in [0.25, 0.3) is 5.91 Å². The number of carbonyl (C=O) groups is 2. The number of hydrogen-bond donors (Lipinski definition) is 0. The lowest BCUT2D eigenvalue weighted by molar-refractivity contribution is -0.126. The van der Waals surface area contributed by atoms with E-state index >= 15 is 0 Å². The third-order valence-electron chi connectivity index (χ3n) is 5.98. The van der Waals surface area contributed by atoms with Gasteiger partial charge in [-0.2, -0.15) is 0 Å². The van der Waals surface area contributed by atoms with Crippen LogP contribution in [0.3, 0.4) is 0 Å². The van der Waals surface area contributed by atoms with Crippen LogP contribution in [0, 0.1) is 12.8 Å². The number of aryl methyl sites for hydroxylation is 1. The Morgan fingerprint density at radius 2 is 1.69 bits per heavy atom. The zero-order valence-corrected chi connectivity index (χ0v) is 18.3. The van der Waals surface area contributed by atoms with E-state index in [4.69, 9.17) is 21.2 Å². The molecule has 2 amide bonds. The number of halogens is 1. The number of fused-ring (bicyclic) bond motifs is 1. The summed E-state index contributed by atoms with van der Waals surface area (Å²) in [7, 11) is 1.59. The molecule has 0 aromatic heterocycles. The van der Waals surface area contributed by atoms with E-state index in [1.54, 1.807) is 30.4 Å². The molecule has 2 heterocycles. The summed E-state index contributed by atoms with van der Waals surface area (Å²) in [6.45, 7) is 1.87. The number of benzene rings is 3. The minimum absolute atomic E-state index is 0.314. The van der Waals surface area contributed by atoms with E-state index < -0.39 is 24.0 Å². The number of hydroxylamine groups is 1. The van der Waals surface area contributed by atoms with Gasteiger partial charge in [-0.3, -0.25) is 14.4 Å². The minimum atomic E-state index is -0.931. The number of ether oxygens (including phenoxy) is 1. The smallest absolute Gasteiger partial charge is 0.266 e. The van der Waals surface area contributed by atoms with Crippen molar-refractivity contribution in [1.82, 2.24) is 0 Å². The Labute approximate surface area is 190 Å². The first-order valence-electron chi connectivity index (χ1n) is 10.3. The molecule has 2 aliphatic heterocycles. The van der Waals surface area contributed by atoms with Crippen LogP contribution < -0.4 is 14.7 Å². The van der Waals surface area contributed by atoms with Crippen LogP contribution in [0.5, 0.6) is 5.75 Å². The average Bonchev–Trinajstić information content (AvgIpc) is 3.32. The van der Waals surface area contributed by atoms with Crippen molar-refractivity contribution >= 4 is 34.8 Å². The highest BCUT2D eigenvalue weighted by Crippen LogP contribution is 2.48. The fraction of sp³-hybridized carbons (Fsp3) is 0.200. The van der Waals surface area contributed by atoms with Crippen molar-refractivity contribution in [2.45, 2.75) is 19.1 Å². The van der Waals surface area contributed by atoms with Crippen LogP contribution in [0.15, 0.2) is 72.8 Å². The predicted molar refractivity (Wildman–Crippen MR) is 122 cm³/mol. The zero-order valence-electron chi connectivity index (χ0n) is 17.6. The average molecular weight is 449 g/mol. The number of imide groups is 1. The zero-order chi connectivity index (χ0) is 22.4. The molecule has 0 radical (unpaired) electrons.